The first-order valence-electron chi connectivity index (χ1n) is 6.63. The van der Waals surface area contributed by atoms with Gasteiger partial charge in [0.1, 0.15) is 0 Å². The maximum absolute atomic E-state index is 9.23. The summed E-state index contributed by atoms with van der Waals surface area (Å²) in [7, 11) is 0. The fourth-order valence-electron chi connectivity index (χ4n) is 1.60. The maximum Gasteiger partial charge on any atom is 0.0765 e. The summed E-state index contributed by atoms with van der Waals surface area (Å²) in [5.74, 6) is 2.33. The van der Waals surface area contributed by atoms with E-state index in [0.29, 0.717) is 5.88 Å². The second kappa shape index (κ2) is 13.7. The van der Waals surface area contributed by atoms with Gasteiger partial charge in [0, 0.05) is 11.6 Å². The molecule has 98 valence electrons. The normalized spacial score (nSPS) is 12.9. The molecule has 0 aliphatic rings. The van der Waals surface area contributed by atoms with Crippen LogP contribution in [0.5, 0.6) is 0 Å². The number of alkyl halides is 1. The lowest BCUT2D eigenvalue weighted by Gasteiger charge is -2.05. The van der Waals surface area contributed by atoms with Crippen LogP contribution in [-0.2, 0) is 0 Å². The lowest BCUT2D eigenvalue weighted by molar-refractivity contribution is 0.223. The fraction of sp³-hybridized carbons (Fsp3) is 1.00. The number of aliphatic hydroxyl groups excluding tert-OH is 1. The third kappa shape index (κ3) is 12.7. The van der Waals surface area contributed by atoms with Gasteiger partial charge in [-0.25, -0.2) is 0 Å². The van der Waals surface area contributed by atoms with Gasteiger partial charge in [0.05, 0.1) is 6.10 Å². The molecule has 0 fully saturated rings. The van der Waals surface area contributed by atoms with Gasteiger partial charge in [-0.05, 0) is 12.2 Å². The zero-order chi connectivity index (χ0) is 12.1. The van der Waals surface area contributed by atoms with Crippen LogP contribution in [0, 0.1) is 0 Å². The maximum atomic E-state index is 9.23. The summed E-state index contributed by atoms with van der Waals surface area (Å²) in [5, 5.41) is 9.23. The Morgan fingerprint density at radius 3 is 2.12 bits per heavy atom. The monoisotopic (exact) mass is 266 g/mol. The molecule has 16 heavy (non-hydrogen) atoms. The van der Waals surface area contributed by atoms with Crippen LogP contribution in [0.2, 0.25) is 0 Å². The van der Waals surface area contributed by atoms with E-state index in [1.807, 2.05) is 11.8 Å². The Morgan fingerprint density at radius 1 is 1.00 bits per heavy atom. The molecule has 1 unspecified atom stereocenters. The van der Waals surface area contributed by atoms with E-state index in [-0.39, 0.29) is 6.10 Å². The molecule has 0 heterocycles. The summed E-state index contributed by atoms with van der Waals surface area (Å²) in [6, 6.07) is 0. The predicted molar refractivity (Wildman–Crippen MR) is 76.7 cm³/mol. The van der Waals surface area contributed by atoms with Crippen LogP contribution < -0.4 is 0 Å². The molecule has 1 nitrogen and oxygen atoms in total. The van der Waals surface area contributed by atoms with Gasteiger partial charge in [0.25, 0.3) is 0 Å². The minimum Gasteiger partial charge on any atom is -0.391 e. The summed E-state index contributed by atoms with van der Waals surface area (Å²) in [6.45, 7) is 2.26. The van der Waals surface area contributed by atoms with E-state index in [2.05, 4.69) is 6.92 Å². The molecule has 1 N–H and O–H groups in total. The summed E-state index contributed by atoms with van der Waals surface area (Å²) < 4.78 is 0. The molecule has 0 amide bonds. The Morgan fingerprint density at radius 2 is 1.56 bits per heavy atom. The lowest BCUT2D eigenvalue weighted by Crippen LogP contribution is -2.11. The molecule has 0 saturated heterocycles. The molecular formula is C13H27ClOS. The van der Waals surface area contributed by atoms with E-state index in [4.69, 9.17) is 11.6 Å². The fourth-order valence-corrected chi connectivity index (χ4v) is 2.81. The Hall–Kier alpha value is 0.600. The molecule has 0 aliphatic carbocycles. The quantitative estimate of drug-likeness (QED) is 0.416. The highest BCUT2D eigenvalue weighted by Gasteiger charge is 2.00. The molecule has 0 radical (unpaired) electrons. The predicted octanol–water partition coefficient (Wildman–Crippen LogP) is 4.46. The second-order valence-electron chi connectivity index (χ2n) is 4.36. The van der Waals surface area contributed by atoms with E-state index >= 15 is 0 Å². The van der Waals surface area contributed by atoms with Crippen LogP contribution >= 0.6 is 23.4 Å². The van der Waals surface area contributed by atoms with E-state index < -0.39 is 0 Å². The largest absolute Gasteiger partial charge is 0.391 e. The van der Waals surface area contributed by atoms with Crippen LogP contribution in [-0.4, -0.2) is 28.6 Å². The lowest BCUT2D eigenvalue weighted by atomic mass is 10.1. The molecule has 1 atom stereocenters. The Bertz CT molecular complexity index is 133. The van der Waals surface area contributed by atoms with Crippen molar-refractivity contribution in [3.05, 3.63) is 0 Å². The highest BCUT2D eigenvalue weighted by atomic mass is 35.5. The minimum atomic E-state index is -0.319. The van der Waals surface area contributed by atoms with Crippen molar-refractivity contribution < 1.29 is 5.11 Å². The van der Waals surface area contributed by atoms with Crippen LogP contribution in [0.1, 0.15) is 58.3 Å². The van der Waals surface area contributed by atoms with Gasteiger partial charge in [-0.2, -0.15) is 11.8 Å². The first kappa shape index (κ1) is 16.6. The van der Waals surface area contributed by atoms with Crippen molar-refractivity contribution in [2.24, 2.45) is 0 Å². The van der Waals surface area contributed by atoms with E-state index in [9.17, 15) is 5.11 Å². The number of aliphatic hydroxyl groups is 1. The molecule has 0 spiro atoms. The Balaban J connectivity index is 2.93. The third-order valence-corrected chi connectivity index (χ3v) is 4.18. The average molecular weight is 267 g/mol. The molecule has 0 aromatic carbocycles. The molecule has 0 saturated carbocycles. The highest BCUT2D eigenvalue weighted by molar-refractivity contribution is 7.99. The van der Waals surface area contributed by atoms with E-state index in [0.717, 1.165) is 5.75 Å². The SMILES string of the molecule is CCCCCCCCCCSCC(O)CCl. The van der Waals surface area contributed by atoms with Crippen molar-refractivity contribution in [1.82, 2.24) is 0 Å². The number of unbranched alkanes of at least 4 members (excludes halogenated alkanes) is 7. The minimum absolute atomic E-state index is 0.319. The smallest absolute Gasteiger partial charge is 0.0765 e. The van der Waals surface area contributed by atoms with Gasteiger partial charge in [0.15, 0.2) is 0 Å². The molecule has 0 aromatic heterocycles. The molecule has 0 aliphatic heterocycles. The second-order valence-corrected chi connectivity index (χ2v) is 5.82. The van der Waals surface area contributed by atoms with Crippen LogP contribution in [0.15, 0.2) is 0 Å². The number of halogens is 1. The van der Waals surface area contributed by atoms with Gasteiger partial charge in [0.2, 0.25) is 0 Å². The van der Waals surface area contributed by atoms with Gasteiger partial charge >= 0.3 is 0 Å². The summed E-state index contributed by atoms with van der Waals surface area (Å²) >= 11 is 7.34. The summed E-state index contributed by atoms with van der Waals surface area (Å²) in [4.78, 5) is 0. The number of rotatable bonds is 12. The van der Waals surface area contributed by atoms with Crippen molar-refractivity contribution in [2.45, 2.75) is 64.4 Å². The van der Waals surface area contributed by atoms with Gasteiger partial charge in [-0.15, -0.1) is 11.6 Å². The van der Waals surface area contributed by atoms with Crippen molar-refractivity contribution >= 4 is 23.4 Å². The van der Waals surface area contributed by atoms with E-state index in [1.165, 1.54) is 57.1 Å². The number of thioether (sulfide) groups is 1. The Kier molecular flexibility index (Phi) is 14.2. The van der Waals surface area contributed by atoms with Crippen LogP contribution in [0.3, 0.4) is 0 Å². The van der Waals surface area contributed by atoms with Gasteiger partial charge < -0.3 is 5.11 Å². The van der Waals surface area contributed by atoms with E-state index in [1.54, 1.807) is 0 Å². The first-order chi connectivity index (χ1) is 7.81. The zero-order valence-electron chi connectivity index (χ0n) is 10.6. The number of hydrogen-bond donors (Lipinski definition) is 1. The van der Waals surface area contributed by atoms with Crippen molar-refractivity contribution in [2.75, 3.05) is 17.4 Å². The van der Waals surface area contributed by atoms with Crippen molar-refractivity contribution in [3.63, 3.8) is 0 Å². The van der Waals surface area contributed by atoms with Gasteiger partial charge in [-0.3, -0.25) is 0 Å². The molecule has 0 rings (SSSR count). The molecular weight excluding hydrogens is 240 g/mol. The Labute approximate surface area is 110 Å². The van der Waals surface area contributed by atoms with Crippen LogP contribution in [0.4, 0.5) is 0 Å². The summed E-state index contributed by atoms with van der Waals surface area (Å²) in [6.07, 6.45) is 10.6. The highest BCUT2D eigenvalue weighted by Crippen LogP contribution is 2.12. The van der Waals surface area contributed by atoms with Crippen molar-refractivity contribution in [3.8, 4) is 0 Å². The van der Waals surface area contributed by atoms with Crippen molar-refractivity contribution in [1.29, 1.82) is 0 Å². The average Bonchev–Trinajstić information content (AvgIpc) is 2.31. The third-order valence-electron chi connectivity index (χ3n) is 2.63. The molecule has 0 aromatic rings. The van der Waals surface area contributed by atoms with Gasteiger partial charge in [-0.1, -0.05) is 51.9 Å². The number of hydrogen-bond acceptors (Lipinski definition) is 2. The van der Waals surface area contributed by atoms with Crippen LogP contribution in [0.25, 0.3) is 0 Å². The molecule has 3 heteroatoms. The summed E-state index contributed by atoms with van der Waals surface area (Å²) in [5.41, 5.74) is 0. The molecule has 0 bridgehead atoms. The first-order valence-corrected chi connectivity index (χ1v) is 8.32. The topological polar surface area (TPSA) is 20.2 Å². The standard InChI is InChI=1S/C13H27ClOS/c1-2-3-4-5-6-7-8-9-10-16-12-13(15)11-14/h13,15H,2-12H2,1H3. The zero-order valence-corrected chi connectivity index (χ0v) is 12.2.